The van der Waals surface area contributed by atoms with Gasteiger partial charge in [-0.3, -0.25) is 14.4 Å². The van der Waals surface area contributed by atoms with Crippen LogP contribution in [0.2, 0.25) is 0 Å². The summed E-state index contributed by atoms with van der Waals surface area (Å²) < 4.78 is 5.86. The average Bonchev–Trinajstić information content (AvgIpc) is 2.83. The number of rotatable bonds is 3. The van der Waals surface area contributed by atoms with Gasteiger partial charge in [0.2, 0.25) is 0 Å². The van der Waals surface area contributed by atoms with Crippen LogP contribution in [0.15, 0.2) is 11.8 Å². The molecule has 2 fully saturated rings. The third-order valence-corrected chi connectivity index (χ3v) is 6.56. The van der Waals surface area contributed by atoms with Crippen LogP contribution in [0.3, 0.4) is 0 Å². The molecular formula is C20H28O5. The summed E-state index contributed by atoms with van der Waals surface area (Å²) in [5.74, 6) is -1.14. The molecule has 1 aliphatic heterocycles. The molecule has 0 aromatic carbocycles. The lowest BCUT2D eigenvalue weighted by Gasteiger charge is -2.54. The first-order valence-corrected chi connectivity index (χ1v) is 9.05. The third kappa shape index (κ3) is 2.08. The van der Waals surface area contributed by atoms with Crippen molar-refractivity contribution in [3.63, 3.8) is 0 Å². The first-order valence-electron chi connectivity index (χ1n) is 9.05. The predicted molar refractivity (Wildman–Crippen MR) is 91.6 cm³/mol. The van der Waals surface area contributed by atoms with Crippen molar-refractivity contribution in [2.75, 3.05) is 0 Å². The fourth-order valence-electron chi connectivity index (χ4n) is 4.89. The molecule has 0 aromatic rings. The van der Waals surface area contributed by atoms with E-state index in [9.17, 15) is 19.5 Å². The molecule has 2 aliphatic carbocycles. The van der Waals surface area contributed by atoms with Gasteiger partial charge < -0.3 is 9.84 Å². The summed E-state index contributed by atoms with van der Waals surface area (Å²) in [5, 5.41) is 10.4. The van der Waals surface area contributed by atoms with E-state index >= 15 is 0 Å². The van der Waals surface area contributed by atoms with E-state index in [4.69, 9.17) is 4.74 Å². The van der Waals surface area contributed by atoms with Crippen LogP contribution in [0.1, 0.15) is 60.8 Å². The molecule has 0 unspecified atom stereocenters. The first kappa shape index (κ1) is 18.3. The van der Waals surface area contributed by atoms with Gasteiger partial charge in [0, 0.05) is 18.4 Å². The standard InChI is InChI=1S/C20H28O5/c1-11(2)15(22)20-12(21)9-13-19(16(20)23,8-7-17(20,3)4)10-14(25-13)18(5,6)24/h9,11,14,24H,7-8,10H2,1-6H3/t14-,19+,20-/m1/s1. The van der Waals surface area contributed by atoms with Gasteiger partial charge in [0.05, 0.1) is 11.0 Å². The number of Topliss-reactive ketones (excluding diaryl/α,β-unsaturated/α-hetero) is 2. The van der Waals surface area contributed by atoms with Crippen LogP contribution < -0.4 is 0 Å². The summed E-state index contributed by atoms with van der Waals surface area (Å²) in [6.45, 7) is 10.4. The van der Waals surface area contributed by atoms with Gasteiger partial charge >= 0.3 is 0 Å². The minimum absolute atomic E-state index is 0.298. The van der Waals surface area contributed by atoms with E-state index in [2.05, 4.69) is 0 Å². The molecule has 3 rings (SSSR count). The number of hydrogen-bond donors (Lipinski definition) is 1. The van der Waals surface area contributed by atoms with Gasteiger partial charge in [0.1, 0.15) is 11.9 Å². The summed E-state index contributed by atoms with van der Waals surface area (Å²) in [7, 11) is 0. The van der Waals surface area contributed by atoms with Crippen molar-refractivity contribution in [3.8, 4) is 0 Å². The van der Waals surface area contributed by atoms with E-state index in [0.29, 0.717) is 25.0 Å². The largest absolute Gasteiger partial charge is 0.491 e. The maximum Gasteiger partial charge on any atom is 0.180 e. The highest BCUT2D eigenvalue weighted by Gasteiger charge is 2.73. The molecule has 3 atom stereocenters. The second-order valence-corrected chi connectivity index (χ2v) is 9.40. The number of carbonyl (C=O) groups is 3. The lowest BCUT2D eigenvalue weighted by atomic mass is 9.43. The zero-order valence-corrected chi connectivity index (χ0v) is 15.9. The molecule has 1 heterocycles. The van der Waals surface area contributed by atoms with Crippen molar-refractivity contribution >= 4 is 17.3 Å². The fourth-order valence-corrected chi connectivity index (χ4v) is 4.89. The van der Waals surface area contributed by atoms with Crippen molar-refractivity contribution in [2.45, 2.75) is 72.5 Å². The summed E-state index contributed by atoms with van der Waals surface area (Å²) >= 11 is 0. The maximum absolute atomic E-state index is 13.7. The van der Waals surface area contributed by atoms with E-state index in [1.54, 1.807) is 27.7 Å². The minimum Gasteiger partial charge on any atom is -0.491 e. The molecule has 0 aromatic heterocycles. The zero-order chi connectivity index (χ0) is 19.0. The third-order valence-electron chi connectivity index (χ3n) is 6.56. The number of aliphatic hydroxyl groups is 1. The van der Waals surface area contributed by atoms with Crippen LogP contribution in [0, 0.1) is 22.2 Å². The Hall–Kier alpha value is -1.49. The van der Waals surface area contributed by atoms with E-state index in [-0.39, 0.29) is 11.6 Å². The second-order valence-electron chi connectivity index (χ2n) is 9.40. The van der Waals surface area contributed by atoms with Crippen molar-refractivity contribution in [2.24, 2.45) is 22.2 Å². The Morgan fingerprint density at radius 1 is 1.28 bits per heavy atom. The lowest BCUT2D eigenvalue weighted by Crippen LogP contribution is -2.66. The Bertz CT molecular complexity index is 693. The molecule has 0 amide bonds. The highest BCUT2D eigenvalue weighted by Crippen LogP contribution is 2.64. The van der Waals surface area contributed by atoms with Crippen molar-refractivity contribution in [1.29, 1.82) is 0 Å². The predicted octanol–water partition coefficient (Wildman–Crippen LogP) is 2.60. The van der Waals surface area contributed by atoms with Crippen molar-refractivity contribution in [1.82, 2.24) is 0 Å². The van der Waals surface area contributed by atoms with Gasteiger partial charge in [0.15, 0.2) is 22.8 Å². The van der Waals surface area contributed by atoms with Gasteiger partial charge in [-0.2, -0.15) is 0 Å². The first-order chi connectivity index (χ1) is 11.3. The SMILES string of the molecule is CC(C)C(=O)[C@@]12C(=O)C=C3O[C@@H](C(C)(C)O)C[C@]3(CCC1(C)C)C2=O. The highest BCUT2D eigenvalue weighted by molar-refractivity contribution is 6.32. The average molecular weight is 348 g/mol. The summed E-state index contributed by atoms with van der Waals surface area (Å²) in [6.07, 6.45) is 2.24. The summed E-state index contributed by atoms with van der Waals surface area (Å²) in [4.78, 5) is 40.0. The molecule has 2 bridgehead atoms. The number of ketones is 3. The van der Waals surface area contributed by atoms with E-state index in [0.717, 1.165) is 0 Å². The smallest absolute Gasteiger partial charge is 0.180 e. The summed E-state index contributed by atoms with van der Waals surface area (Å²) in [5.41, 5.74) is -4.46. The minimum atomic E-state index is -1.64. The Kier molecular flexibility index (Phi) is 3.68. The zero-order valence-electron chi connectivity index (χ0n) is 15.9. The molecule has 138 valence electrons. The van der Waals surface area contributed by atoms with Gasteiger partial charge in [0.25, 0.3) is 0 Å². The van der Waals surface area contributed by atoms with Gasteiger partial charge in [-0.1, -0.05) is 27.7 Å². The van der Waals surface area contributed by atoms with Gasteiger partial charge in [-0.05, 0) is 32.1 Å². The van der Waals surface area contributed by atoms with Crippen LogP contribution in [0.4, 0.5) is 0 Å². The van der Waals surface area contributed by atoms with Crippen molar-refractivity contribution in [3.05, 3.63) is 11.8 Å². The molecule has 25 heavy (non-hydrogen) atoms. The van der Waals surface area contributed by atoms with E-state index < -0.39 is 39.7 Å². The number of carbonyl (C=O) groups excluding carboxylic acids is 3. The maximum atomic E-state index is 13.7. The van der Waals surface area contributed by atoms with Crippen LogP contribution in [0.5, 0.6) is 0 Å². The Morgan fingerprint density at radius 2 is 1.88 bits per heavy atom. The molecule has 1 N–H and O–H groups in total. The summed E-state index contributed by atoms with van der Waals surface area (Å²) in [6, 6.07) is 0. The van der Waals surface area contributed by atoms with Gasteiger partial charge in [-0.25, -0.2) is 0 Å². The number of hydrogen-bond acceptors (Lipinski definition) is 5. The molecule has 1 saturated heterocycles. The number of ether oxygens (including phenoxy) is 1. The van der Waals surface area contributed by atoms with Crippen LogP contribution in [-0.4, -0.2) is 34.2 Å². The quantitative estimate of drug-likeness (QED) is 0.793. The lowest BCUT2D eigenvalue weighted by molar-refractivity contribution is -0.169. The second kappa shape index (κ2) is 5.03. The Labute approximate surface area is 148 Å². The Balaban J connectivity index is 2.21. The molecule has 5 heteroatoms. The monoisotopic (exact) mass is 348 g/mol. The fraction of sp³-hybridized carbons (Fsp3) is 0.750. The van der Waals surface area contributed by atoms with E-state index in [1.165, 1.54) is 6.08 Å². The number of allylic oxidation sites excluding steroid dienone is 2. The molecule has 0 radical (unpaired) electrons. The topological polar surface area (TPSA) is 80.7 Å². The van der Waals surface area contributed by atoms with Crippen LogP contribution in [0.25, 0.3) is 0 Å². The highest BCUT2D eigenvalue weighted by atomic mass is 16.5. The Morgan fingerprint density at radius 3 is 2.40 bits per heavy atom. The van der Waals surface area contributed by atoms with Crippen molar-refractivity contribution < 1.29 is 24.2 Å². The van der Waals surface area contributed by atoms with Crippen LogP contribution in [-0.2, 0) is 19.1 Å². The molecule has 5 nitrogen and oxygen atoms in total. The molecular weight excluding hydrogens is 320 g/mol. The number of fused-ring (bicyclic) bond motifs is 1. The van der Waals surface area contributed by atoms with Gasteiger partial charge in [-0.15, -0.1) is 0 Å². The normalized spacial score (nSPS) is 36.8. The van der Waals surface area contributed by atoms with E-state index in [1.807, 2.05) is 13.8 Å². The molecule has 1 saturated carbocycles. The molecule has 1 spiro atoms. The van der Waals surface area contributed by atoms with Crippen LogP contribution >= 0.6 is 0 Å². The molecule has 3 aliphatic rings.